The van der Waals surface area contributed by atoms with Gasteiger partial charge in [-0.2, -0.15) is 0 Å². The minimum absolute atomic E-state index is 1.18. The van der Waals surface area contributed by atoms with E-state index >= 15 is 0 Å². The Bertz CT molecular complexity index is 184. The fourth-order valence-corrected chi connectivity index (χ4v) is 2.24. The fraction of sp³-hybridized carbons (Fsp3) is 0.882. The van der Waals surface area contributed by atoms with Gasteiger partial charge >= 0.3 is 0 Å². The van der Waals surface area contributed by atoms with Crippen LogP contribution in [0.5, 0.6) is 0 Å². The summed E-state index contributed by atoms with van der Waals surface area (Å²) >= 11 is 0. The van der Waals surface area contributed by atoms with Crippen LogP contribution in [0, 0.1) is 0 Å². The largest absolute Gasteiger partial charge is 0.299 e. The molecule has 1 heteroatoms. The lowest BCUT2D eigenvalue weighted by atomic mass is 10.1. The van der Waals surface area contributed by atoms with Gasteiger partial charge in [0.25, 0.3) is 0 Å². The van der Waals surface area contributed by atoms with E-state index in [1.807, 2.05) is 0 Å². The Morgan fingerprint density at radius 1 is 0.833 bits per heavy atom. The number of unbranched alkanes of at least 4 members (excludes halogenated alkanes) is 6. The first-order valence-electron chi connectivity index (χ1n) is 8.08. The summed E-state index contributed by atoms with van der Waals surface area (Å²) in [7, 11) is 0. The van der Waals surface area contributed by atoms with Crippen molar-refractivity contribution in [1.29, 1.82) is 0 Å². The summed E-state index contributed by atoms with van der Waals surface area (Å²) in [6.07, 6.45) is 13.3. The molecule has 1 nitrogen and oxygen atoms in total. The predicted octanol–water partition coefficient (Wildman–Crippen LogP) is 5.42. The third-order valence-electron chi connectivity index (χ3n) is 3.62. The lowest BCUT2D eigenvalue weighted by molar-refractivity contribution is 0.281. The highest BCUT2D eigenvalue weighted by Gasteiger charge is 2.04. The molecule has 0 aromatic heterocycles. The molecule has 0 amide bonds. The summed E-state index contributed by atoms with van der Waals surface area (Å²) in [5.41, 5.74) is 1.51. The van der Waals surface area contributed by atoms with Gasteiger partial charge in [-0.3, -0.25) is 4.90 Å². The molecule has 0 aromatic rings. The van der Waals surface area contributed by atoms with Crippen LogP contribution in [0.4, 0.5) is 0 Å². The first-order valence-corrected chi connectivity index (χ1v) is 8.08. The highest BCUT2D eigenvalue weighted by atomic mass is 15.1. The Morgan fingerprint density at radius 2 is 1.33 bits per heavy atom. The summed E-state index contributed by atoms with van der Waals surface area (Å²) in [5.74, 6) is 0. The van der Waals surface area contributed by atoms with Crippen LogP contribution in [-0.2, 0) is 0 Å². The van der Waals surface area contributed by atoms with Crippen molar-refractivity contribution in [2.45, 2.75) is 79.1 Å². The topological polar surface area (TPSA) is 3.24 Å². The molecule has 0 aliphatic heterocycles. The van der Waals surface area contributed by atoms with E-state index in [9.17, 15) is 0 Å². The van der Waals surface area contributed by atoms with E-state index in [1.54, 1.807) is 0 Å². The van der Waals surface area contributed by atoms with Crippen LogP contribution < -0.4 is 0 Å². The zero-order valence-electron chi connectivity index (χ0n) is 13.3. The molecule has 0 rings (SSSR count). The van der Waals surface area contributed by atoms with Crippen LogP contribution in [-0.4, -0.2) is 24.5 Å². The van der Waals surface area contributed by atoms with E-state index in [2.05, 4.69) is 38.7 Å². The first kappa shape index (κ1) is 17.7. The van der Waals surface area contributed by atoms with Gasteiger partial charge < -0.3 is 0 Å². The smallest absolute Gasteiger partial charge is 0.0189 e. The molecule has 0 aliphatic carbocycles. The second-order valence-electron chi connectivity index (χ2n) is 5.53. The van der Waals surface area contributed by atoms with Crippen molar-refractivity contribution in [3.05, 3.63) is 11.6 Å². The summed E-state index contributed by atoms with van der Waals surface area (Å²) < 4.78 is 0. The molecular weight excluding hydrogens is 218 g/mol. The van der Waals surface area contributed by atoms with Gasteiger partial charge in [0, 0.05) is 6.54 Å². The highest BCUT2D eigenvalue weighted by Crippen LogP contribution is 2.07. The van der Waals surface area contributed by atoms with E-state index < -0.39 is 0 Å². The Kier molecular flexibility index (Phi) is 12.9. The van der Waals surface area contributed by atoms with Gasteiger partial charge in [-0.05, 0) is 39.8 Å². The Labute approximate surface area is 116 Å². The molecule has 0 unspecified atom stereocenters. The second kappa shape index (κ2) is 13.1. The third kappa shape index (κ3) is 10.8. The Balaban J connectivity index is 3.84. The van der Waals surface area contributed by atoms with Crippen molar-refractivity contribution in [2.75, 3.05) is 19.6 Å². The van der Waals surface area contributed by atoms with E-state index in [4.69, 9.17) is 0 Å². The number of rotatable bonds is 12. The molecule has 18 heavy (non-hydrogen) atoms. The molecule has 0 N–H and O–H groups in total. The third-order valence-corrected chi connectivity index (χ3v) is 3.62. The SMILES string of the molecule is C/C=C(\C)CN(CCCCCC)CCCCCC. The van der Waals surface area contributed by atoms with Crippen molar-refractivity contribution in [1.82, 2.24) is 4.90 Å². The molecule has 0 atom stereocenters. The van der Waals surface area contributed by atoms with E-state index in [0.29, 0.717) is 0 Å². The minimum atomic E-state index is 1.18. The van der Waals surface area contributed by atoms with Crippen molar-refractivity contribution in [3.63, 3.8) is 0 Å². The molecule has 108 valence electrons. The molecular formula is C17H35N. The second-order valence-corrected chi connectivity index (χ2v) is 5.53. The lowest BCUT2D eigenvalue weighted by Crippen LogP contribution is -2.28. The number of hydrogen-bond acceptors (Lipinski definition) is 1. The average molecular weight is 253 g/mol. The quantitative estimate of drug-likeness (QED) is 0.332. The van der Waals surface area contributed by atoms with Gasteiger partial charge in [0.1, 0.15) is 0 Å². The van der Waals surface area contributed by atoms with Gasteiger partial charge in [0.15, 0.2) is 0 Å². The normalized spacial score (nSPS) is 12.4. The van der Waals surface area contributed by atoms with Crippen molar-refractivity contribution in [2.24, 2.45) is 0 Å². The minimum Gasteiger partial charge on any atom is -0.299 e. The highest BCUT2D eigenvalue weighted by molar-refractivity contribution is 4.98. The van der Waals surface area contributed by atoms with Gasteiger partial charge in [-0.1, -0.05) is 64.0 Å². The fourth-order valence-electron chi connectivity index (χ4n) is 2.24. The summed E-state index contributed by atoms with van der Waals surface area (Å²) in [4.78, 5) is 2.65. The molecule has 0 aliphatic rings. The first-order chi connectivity index (χ1) is 8.74. The van der Waals surface area contributed by atoms with Gasteiger partial charge in [-0.15, -0.1) is 0 Å². The summed E-state index contributed by atoms with van der Waals surface area (Å²) in [6, 6.07) is 0. The van der Waals surface area contributed by atoms with E-state index in [1.165, 1.54) is 76.6 Å². The summed E-state index contributed by atoms with van der Waals surface area (Å²) in [5, 5.41) is 0. The molecule has 0 saturated carbocycles. The van der Waals surface area contributed by atoms with E-state index in [-0.39, 0.29) is 0 Å². The van der Waals surface area contributed by atoms with Gasteiger partial charge in [-0.25, -0.2) is 0 Å². The van der Waals surface area contributed by atoms with Gasteiger partial charge in [0.05, 0.1) is 0 Å². The maximum atomic E-state index is 2.65. The summed E-state index contributed by atoms with van der Waals surface area (Å²) in [6.45, 7) is 12.7. The van der Waals surface area contributed by atoms with Crippen LogP contribution in [0.1, 0.15) is 79.1 Å². The Morgan fingerprint density at radius 3 is 1.72 bits per heavy atom. The van der Waals surface area contributed by atoms with Gasteiger partial charge in [0.2, 0.25) is 0 Å². The zero-order chi connectivity index (χ0) is 13.6. The number of allylic oxidation sites excluding steroid dienone is 1. The van der Waals surface area contributed by atoms with Crippen LogP contribution in [0.3, 0.4) is 0 Å². The average Bonchev–Trinajstić information content (AvgIpc) is 2.39. The van der Waals surface area contributed by atoms with Crippen molar-refractivity contribution in [3.8, 4) is 0 Å². The van der Waals surface area contributed by atoms with Crippen LogP contribution in [0.2, 0.25) is 0 Å². The molecule has 0 heterocycles. The van der Waals surface area contributed by atoms with E-state index in [0.717, 1.165) is 0 Å². The molecule has 0 spiro atoms. The molecule has 0 bridgehead atoms. The maximum Gasteiger partial charge on any atom is 0.0189 e. The van der Waals surface area contributed by atoms with Crippen LogP contribution in [0.15, 0.2) is 11.6 Å². The molecule has 0 radical (unpaired) electrons. The van der Waals surface area contributed by atoms with Crippen LogP contribution >= 0.6 is 0 Å². The maximum absolute atomic E-state index is 2.65. The number of hydrogen-bond donors (Lipinski definition) is 0. The standard InChI is InChI=1S/C17H35N/c1-5-8-10-12-14-18(16-17(4)7-3)15-13-11-9-6-2/h7H,5-6,8-16H2,1-4H3/b17-7+. The molecule has 0 fully saturated rings. The molecule has 0 saturated heterocycles. The zero-order valence-corrected chi connectivity index (χ0v) is 13.3. The number of nitrogens with zero attached hydrogens (tertiary/aromatic N) is 1. The lowest BCUT2D eigenvalue weighted by Gasteiger charge is -2.22. The van der Waals surface area contributed by atoms with Crippen molar-refractivity contribution < 1.29 is 0 Å². The molecule has 0 aromatic carbocycles. The van der Waals surface area contributed by atoms with Crippen LogP contribution in [0.25, 0.3) is 0 Å². The monoisotopic (exact) mass is 253 g/mol. The Hall–Kier alpha value is -0.300. The predicted molar refractivity (Wildman–Crippen MR) is 84.2 cm³/mol. The van der Waals surface area contributed by atoms with Crippen molar-refractivity contribution >= 4 is 0 Å².